The smallest absolute Gasteiger partial charge is 0.269 e. The molecule has 1 aliphatic heterocycles. The van der Waals surface area contributed by atoms with Crippen molar-refractivity contribution < 1.29 is 19.2 Å². The number of nitrogens with zero attached hydrogens (tertiary/aromatic N) is 2. The van der Waals surface area contributed by atoms with Crippen LogP contribution in [-0.4, -0.2) is 22.6 Å². The van der Waals surface area contributed by atoms with E-state index in [0.29, 0.717) is 43.4 Å². The van der Waals surface area contributed by atoms with Gasteiger partial charge in [0, 0.05) is 17.2 Å². The number of hydrogen-bond donors (Lipinski definition) is 1. The molecule has 0 atom stereocenters. The van der Waals surface area contributed by atoms with E-state index >= 15 is 0 Å². The Morgan fingerprint density at radius 1 is 1.14 bits per heavy atom. The lowest BCUT2D eigenvalue weighted by Gasteiger charge is -2.15. The summed E-state index contributed by atoms with van der Waals surface area (Å²) in [5.41, 5.74) is 2.20. The molecule has 0 saturated carbocycles. The van der Waals surface area contributed by atoms with Crippen LogP contribution in [0.4, 0.5) is 11.4 Å². The van der Waals surface area contributed by atoms with E-state index in [0.717, 1.165) is 11.1 Å². The molecule has 0 spiro atoms. The fourth-order valence-electron chi connectivity index (χ4n) is 3.21. The van der Waals surface area contributed by atoms with Crippen molar-refractivity contribution in [1.29, 1.82) is 0 Å². The minimum absolute atomic E-state index is 0.0162. The number of nitro groups is 1. The second kappa shape index (κ2) is 11.6. The van der Waals surface area contributed by atoms with Gasteiger partial charge in [-0.15, -0.1) is 0 Å². The molecule has 1 amide bonds. The molecular weight excluding hydrogens is 570 g/mol. The number of aliphatic imine (C=N–C) groups is 1. The lowest BCUT2D eigenvalue weighted by Crippen LogP contribution is -2.19. The number of rotatable bonds is 8. The van der Waals surface area contributed by atoms with Crippen molar-refractivity contribution in [3.05, 3.63) is 96.3 Å². The first-order valence-electron chi connectivity index (χ1n) is 10.7. The number of nitrogens with one attached hydrogen (secondary N) is 1. The molecule has 1 fully saturated rings. The molecule has 0 bridgehead atoms. The molecule has 8 nitrogen and oxygen atoms in total. The molecule has 0 aliphatic carbocycles. The Balaban J connectivity index is 1.53. The number of carbonyl (C=O) groups excluding carboxylic acids is 1. The highest BCUT2D eigenvalue weighted by Gasteiger charge is 2.24. The van der Waals surface area contributed by atoms with Crippen molar-refractivity contribution >= 4 is 67.8 Å². The van der Waals surface area contributed by atoms with E-state index in [2.05, 4.69) is 26.2 Å². The van der Waals surface area contributed by atoms with Crippen LogP contribution in [0, 0.1) is 10.1 Å². The average molecular weight is 589 g/mol. The molecule has 11 heteroatoms. The van der Waals surface area contributed by atoms with Crippen LogP contribution in [0.5, 0.6) is 11.5 Å². The molecule has 4 rings (SSSR count). The molecule has 1 heterocycles. The van der Waals surface area contributed by atoms with E-state index < -0.39 is 4.92 Å². The van der Waals surface area contributed by atoms with Crippen LogP contribution in [0.25, 0.3) is 6.08 Å². The van der Waals surface area contributed by atoms with Gasteiger partial charge in [0.15, 0.2) is 16.7 Å². The maximum Gasteiger partial charge on any atom is 0.269 e. The van der Waals surface area contributed by atoms with E-state index in [1.165, 1.54) is 23.9 Å². The Kier molecular flexibility index (Phi) is 8.29. The number of halogens is 2. The normalized spacial score (nSPS) is 15.2. The Labute approximate surface area is 224 Å². The molecule has 1 saturated heterocycles. The van der Waals surface area contributed by atoms with Crippen LogP contribution in [0.3, 0.4) is 0 Å². The summed E-state index contributed by atoms with van der Waals surface area (Å²) in [5, 5.41) is 14.7. The number of amides is 1. The number of non-ortho nitro benzene ring substituents is 1. The van der Waals surface area contributed by atoms with Crippen LogP contribution in [-0.2, 0) is 11.4 Å². The first kappa shape index (κ1) is 25.7. The van der Waals surface area contributed by atoms with Crippen molar-refractivity contribution in [2.24, 2.45) is 4.99 Å². The third kappa shape index (κ3) is 6.45. The van der Waals surface area contributed by atoms with Gasteiger partial charge in [0.1, 0.15) is 6.61 Å². The van der Waals surface area contributed by atoms with Crippen molar-refractivity contribution in [3.63, 3.8) is 0 Å². The fraction of sp³-hybridized carbons (Fsp3) is 0.120. The molecular formula is C25H19BrClN3O5S. The maximum absolute atomic E-state index is 12.5. The first-order chi connectivity index (χ1) is 17.3. The highest BCUT2D eigenvalue weighted by atomic mass is 79.9. The van der Waals surface area contributed by atoms with Gasteiger partial charge in [-0.3, -0.25) is 14.9 Å². The third-order valence-electron chi connectivity index (χ3n) is 4.87. The molecule has 0 unspecified atom stereocenters. The van der Waals surface area contributed by atoms with Gasteiger partial charge >= 0.3 is 0 Å². The Morgan fingerprint density at radius 3 is 2.53 bits per heavy atom. The van der Waals surface area contributed by atoms with Crippen LogP contribution in [0.2, 0.25) is 5.02 Å². The maximum atomic E-state index is 12.5. The molecule has 184 valence electrons. The second-order valence-electron chi connectivity index (χ2n) is 7.43. The minimum Gasteiger partial charge on any atom is -0.490 e. The number of nitro benzene ring substituents is 1. The number of amidine groups is 1. The summed E-state index contributed by atoms with van der Waals surface area (Å²) in [5.74, 6) is 0.741. The molecule has 3 aromatic rings. The van der Waals surface area contributed by atoms with Crippen LogP contribution in [0.1, 0.15) is 18.1 Å². The number of hydrogen-bond acceptors (Lipinski definition) is 7. The predicted octanol–water partition coefficient (Wildman–Crippen LogP) is 6.88. The van der Waals surface area contributed by atoms with Gasteiger partial charge in [0.05, 0.1) is 26.6 Å². The zero-order valence-electron chi connectivity index (χ0n) is 18.9. The van der Waals surface area contributed by atoms with Gasteiger partial charge in [-0.25, -0.2) is 4.99 Å². The zero-order valence-corrected chi connectivity index (χ0v) is 22.0. The Morgan fingerprint density at radius 2 is 1.86 bits per heavy atom. The summed E-state index contributed by atoms with van der Waals surface area (Å²) in [6.45, 7) is 2.46. The average Bonchev–Trinajstić information content (AvgIpc) is 3.18. The molecule has 1 aliphatic rings. The van der Waals surface area contributed by atoms with Crippen molar-refractivity contribution in [2.45, 2.75) is 13.5 Å². The third-order valence-corrected chi connectivity index (χ3v) is 6.62. The fourth-order valence-corrected chi connectivity index (χ4v) is 4.75. The largest absolute Gasteiger partial charge is 0.490 e. The summed E-state index contributed by atoms with van der Waals surface area (Å²) >= 11 is 10.7. The van der Waals surface area contributed by atoms with Gasteiger partial charge < -0.3 is 14.8 Å². The van der Waals surface area contributed by atoms with Crippen LogP contribution in [0.15, 0.2) is 75.0 Å². The standard InChI is InChI=1S/C25H19BrClN3O5S/c1-2-34-21-12-16(11-20(26)23(21)35-14-15-3-9-19(10-4-15)30(32)33)13-22-24(31)29-25(36-22)28-18-7-5-17(27)6-8-18/h3-13H,2,14H2,1H3,(H,28,29,31)/b22-13-. The van der Waals surface area contributed by atoms with Crippen LogP contribution < -0.4 is 14.8 Å². The van der Waals surface area contributed by atoms with Crippen molar-refractivity contribution in [3.8, 4) is 11.5 Å². The number of carbonyl (C=O) groups is 1. The summed E-state index contributed by atoms with van der Waals surface area (Å²) < 4.78 is 12.4. The lowest BCUT2D eigenvalue weighted by atomic mass is 10.1. The highest BCUT2D eigenvalue weighted by molar-refractivity contribution is 9.10. The number of thioether (sulfide) groups is 1. The highest BCUT2D eigenvalue weighted by Crippen LogP contribution is 2.39. The second-order valence-corrected chi connectivity index (χ2v) is 9.75. The lowest BCUT2D eigenvalue weighted by molar-refractivity contribution is -0.384. The zero-order chi connectivity index (χ0) is 25.7. The summed E-state index contributed by atoms with van der Waals surface area (Å²) in [6, 6.07) is 16.8. The van der Waals surface area contributed by atoms with E-state index in [9.17, 15) is 14.9 Å². The Bertz CT molecular complexity index is 1360. The summed E-state index contributed by atoms with van der Waals surface area (Å²) in [4.78, 5) is 27.8. The summed E-state index contributed by atoms with van der Waals surface area (Å²) in [6.07, 6.45) is 1.75. The van der Waals surface area contributed by atoms with E-state index in [1.54, 1.807) is 48.5 Å². The SMILES string of the molecule is CCOc1cc(/C=C2\SC(=Nc3ccc(Cl)cc3)NC2=O)cc(Br)c1OCc1ccc([N+](=O)[O-])cc1. The molecule has 3 aromatic carbocycles. The van der Waals surface area contributed by atoms with Crippen LogP contribution >= 0.6 is 39.3 Å². The van der Waals surface area contributed by atoms with Gasteiger partial charge in [-0.2, -0.15) is 0 Å². The molecule has 1 N–H and O–H groups in total. The molecule has 0 aromatic heterocycles. The van der Waals surface area contributed by atoms with Gasteiger partial charge in [-0.1, -0.05) is 11.6 Å². The van der Waals surface area contributed by atoms with Gasteiger partial charge in [-0.05, 0) is 100 Å². The summed E-state index contributed by atoms with van der Waals surface area (Å²) in [7, 11) is 0. The van der Waals surface area contributed by atoms with E-state index in [4.69, 9.17) is 21.1 Å². The first-order valence-corrected chi connectivity index (χ1v) is 12.7. The Hall–Kier alpha value is -3.34. The minimum atomic E-state index is -0.447. The van der Waals surface area contributed by atoms with Crippen molar-refractivity contribution in [2.75, 3.05) is 6.61 Å². The predicted molar refractivity (Wildman–Crippen MR) is 145 cm³/mol. The topological polar surface area (TPSA) is 103 Å². The van der Waals surface area contributed by atoms with Crippen molar-refractivity contribution in [1.82, 2.24) is 5.32 Å². The molecule has 0 radical (unpaired) electrons. The number of ether oxygens (including phenoxy) is 2. The van der Waals surface area contributed by atoms with Gasteiger partial charge in [0.2, 0.25) is 0 Å². The molecule has 36 heavy (non-hydrogen) atoms. The quantitative estimate of drug-likeness (QED) is 0.175. The van der Waals surface area contributed by atoms with Gasteiger partial charge in [0.25, 0.3) is 11.6 Å². The van der Waals surface area contributed by atoms with E-state index in [-0.39, 0.29) is 18.2 Å². The number of benzene rings is 3. The van der Waals surface area contributed by atoms with E-state index in [1.807, 2.05) is 13.0 Å². The monoisotopic (exact) mass is 587 g/mol.